The molecule has 9 nitrogen and oxygen atoms in total. The Labute approximate surface area is 193 Å². The summed E-state index contributed by atoms with van der Waals surface area (Å²) in [5.41, 5.74) is 1.39. The summed E-state index contributed by atoms with van der Waals surface area (Å²) in [6, 6.07) is 14.5. The van der Waals surface area contributed by atoms with E-state index in [1.807, 2.05) is 12.1 Å². The quantitative estimate of drug-likeness (QED) is 0.364. The number of hydrogen-bond acceptors (Lipinski definition) is 7. The van der Waals surface area contributed by atoms with Gasteiger partial charge in [0, 0.05) is 37.9 Å². The van der Waals surface area contributed by atoms with Crippen LogP contribution in [0.15, 0.2) is 60.8 Å². The number of carbonyl (C=O) groups is 2. The zero-order valence-electron chi connectivity index (χ0n) is 18.6. The highest BCUT2D eigenvalue weighted by atomic mass is 16.5. The molecule has 0 amide bonds. The largest absolute Gasteiger partial charge is 0.488 e. The molecule has 1 aromatic heterocycles. The minimum absolute atomic E-state index is 0.420. The third-order valence-electron chi connectivity index (χ3n) is 4.92. The van der Waals surface area contributed by atoms with Crippen molar-refractivity contribution in [2.45, 2.75) is 12.3 Å². The van der Waals surface area contributed by atoms with E-state index in [1.54, 1.807) is 13.3 Å². The summed E-state index contributed by atoms with van der Waals surface area (Å²) in [5, 5.41) is 19.1. The van der Waals surface area contributed by atoms with Crippen molar-refractivity contribution in [2.75, 3.05) is 40.0 Å². The van der Waals surface area contributed by atoms with Crippen LogP contribution in [0, 0.1) is 5.92 Å². The van der Waals surface area contributed by atoms with Gasteiger partial charge in [0.15, 0.2) is 5.75 Å². The Morgan fingerprint density at radius 2 is 1.79 bits per heavy atom. The van der Waals surface area contributed by atoms with E-state index in [0.717, 1.165) is 19.5 Å². The fourth-order valence-electron chi connectivity index (χ4n) is 3.39. The zero-order chi connectivity index (χ0) is 23.9. The number of pyridine rings is 1. The van der Waals surface area contributed by atoms with E-state index < -0.39 is 11.9 Å². The highest BCUT2D eigenvalue weighted by molar-refractivity contribution is 5.89. The first-order valence-corrected chi connectivity index (χ1v) is 10.6. The van der Waals surface area contributed by atoms with Gasteiger partial charge in [0.1, 0.15) is 6.61 Å². The van der Waals surface area contributed by atoms with Crippen molar-refractivity contribution in [2.24, 2.45) is 5.92 Å². The van der Waals surface area contributed by atoms with Crippen molar-refractivity contribution in [1.82, 2.24) is 10.3 Å². The molecule has 2 heterocycles. The molecular formula is C24H30N2O7. The second kappa shape index (κ2) is 14.6. The number of nitrogens with zero attached hydrogens (tertiary/aromatic N) is 1. The molecule has 1 aromatic carbocycles. The molecule has 0 unspecified atom stereocenters. The van der Waals surface area contributed by atoms with Crippen LogP contribution in [0.2, 0.25) is 0 Å². The van der Waals surface area contributed by atoms with Gasteiger partial charge in [-0.2, -0.15) is 0 Å². The second-order valence-electron chi connectivity index (χ2n) is 7.24. The van der Waals surface area contributed by atoms with Gasteiger partial charge in [0.25, 0.3) is 5.88 Å². The van der Waals surface area contributed by atoms with E-state index in [0.29, 0.717) is 55.4 Å². The van der Waals surface area contributed by atoms with Gasteiger partial charge >= 0.3 is 11.9 Å². The van der Waals surface area contributed by atoms with Gasteiger partial charge in [0.2, 0.25) is 0 Å². The van der Waals surface area contributed by atoms with Crippen LogP contribution in [0.5, 0.6) is 11.6 Å². The number of aliphatic carboxylic acids is 2. The van der Waals surface area contributed by atoms with Crippen molar-refractivity contribution >= 4 is 11.9 Å². The van der Waals surface area contributed by atoms with Crippen LogP contribution in [0.4, 0.5) is 0 Å². The third-order valence-corrected chi connectivity index (χ3v) is 4.92. The number of methoxy groups -OCH3 is 1. The van der Waals surface area contributed by atoms with Gasteiger partial charge in [-0.25, -0.2) is 14.6 Å². The Morgan fingerprint density at radius 1 is 1.06 bits per heavy atom. The minimum Gasteiger partial charge on any atom is -0.488 e. The first-order chi connectivity index (χ1) is 16.0. The van der Waals surface area contributed by atoms with Crippen LogP contribution in [0.1, 0.15) is 17.9 Å². The molecule has 3 rings (SSSR count). The number of ether oxygens (including phenoxy) is 3. The summed E-state index contributed by atoms with van der Waals surface area (Å²) in [5.74, 6) is -0.365. The number of aromatic nitrogens is 1. The summed E-state index contributed by atoms with van der Waals surface area (Å²) >= 11 is 0. The van der Waals surface area contributed by atoms with Gasteiger partial charge in [0.05, 0.1) is 13.2 Å². The Balaban J connectivity index is 0.000000414. The topological polar surface area (TPSA) is 127 Å². The molecule has 0 saturated carbocycles. The fourth-order valence-corrected chi connectivity index (χ4v) is 3.39. The van der Waals surface area contributed by atoms with Gasteiger partial charge < -0.3 is 29.7 Å². The lowest BCUT2D eigenvalue weighted by atomic mass is 9.81. The van der Waals surface area contributed by atoms with Crippen molar-refractivity contribution in [3.63, 3.8) is 0 Å². The van der Waals surface area contributed by atoms with E-state index >= 15 is 0 Å². The molecule has 33 heavy (non-hydrogen) atoms. The molecule has 2 atom stereocenters. The predicted molar refractivity (Wildman–Crippen MR) is 122 cm³/mol. The molecule has 1 aliphatic rings. The maximum atomic E-state index is 9.55. The maximum absolute atomic E-state index is 9.55. The van der Waals surface area contributed by atoms with Crippen molar-refractivity contribution in [3.8, 4) is 11.6 Å². The van der Waals surface area contributed by atoms with Crippen LogP contribution in [0.25, 0.3) is 0 Å². The van der Waals surface area contributed by atoms with E-state index in [4.69, 9.17) is 24.4 Å². The Bertz CT molecular complexity index is 873. The molecule has 0 radical (unpaired) electrons. The predicted octanol–water partition coefficient (Wildman–Crippen LogP) is 2.59. The highest BCUT2D eigenvalue weighted by Gasteiger charge is 2.27. The molecule has 0 spiro atoms. The number of benzene rings is 1. The summed E-state index contributed by atoms with van der Waals surface area (Å²) in [4.78, 5) is 23.4. The lowest BCUT2D eigenvalue weighted by molar-refractivity contribution is -0.134. The summed E-state index contributed by atoms with van der Waals surface area (Å²) in [6.45, 7) is 3.63. The highest BCUT2D eigenvalue weighted by Crippen LogP contribution is 2.32. The average molecular weight is 459 g/mol. The fraction of sp³-hybridized carbons (Fsp3) is 0.375. The van der Waals surface area contributed by atoms with E-state index in [9.17, 15) is 9.59 Å². The smallest absolute Gasteiger partial charge is 0.328 e. The SMILES string of the molecule is COCCOc1ncccc1OC[C@H]1CNCC[C@@H]1c1ccccc1.O=C(O)/C=C/C(=O)O. The molecule has 178 valence electrons. The number of hydrogen-bond donors (Lipinski definition) is 3. The molecule has 1 saturated heterocycles. The van der Waals surface area contributed by atoms with Gasteiger partial charge in [-0.15, -0.1) is 0 Å². The van der Waals surface area contributed by atoms with Crippen LogP contribution in [0.3, 0.4) is 0 Å². The van der Waals surface area contributed by atoms with Crippen molar-refractivity contribution in [3.05, 3.63) is 66.4 Å². The van der Waals surface area contributed by atoms with Crippen LogP contribution in [-0.4, -0.2) is 67.2 Å². The van der Waals surface area contributed by atoms with E-state index in [1.165, 1.54) is 5.56 Å². The second-order valence-corrected chi connectivity index (χ2v) is 7.24. The summed E-state index contributed by atoms with van der Waals surface area (Å²) in [6.07, 6.45) is 3.96. The Hall–Kier alpha value is -3.43. The monoisotopic (exact) mass is 458 g/mol. The lowest BCUT2D eigenvalue weighted by Gasteiger charge is -2.32. The normalized spacial score (nSPS) is 17.6. The standard InChI is InChI=1S/C20H26N2O3.C4H4O4/c1-23-12-13-24-20-19(8-5-10-22-20)25-15-17-14-21-11-9-18(17)16-6-3-2-4-7-16;5-3(6)1-2-4(7)8/h2-8,10,17-18,21H,9,11-15H2,1H3;1-2H,(H,5,6)(H,7,8)/b;2-1+/t17-,18-;/m1./s1. The minimum atomic E-state index is -1.26. The Kier molecular flexibility index (Phi) is 11.4. The van der Waals surface area contributed by atoms with Gasteiger partial charge in [-0.05, 0) is 36.6 Å². The van der Waals surface area contributed by atoms with Crippen molar-refractivity contribution < 1.29 is 34.0 Å². The molecule has 1 fully saturated rings. The molecule has 0 bridgehead atoms. The third kappa shape index (κ3) is 9.71. The summed E-state index contributed by atoms with van der Waals surface area (Å²) in [7, 11) is 1.65. The van der Waals surface area contributed by atoms with Crippen LogP contribution < -0.4 is 14.8 Å². The Morgan fingerprint density at radius 3 is 2.45 bits per heavy atom. The number of piperidine rings is 1. The number of carboxylic acid groups (broad SMARTS) is 2. The molecule has 3 N–H and O–H groups in total. The average Bonchev–Trinajstić information content (AvgIpc) is 2.83. The number of carboxylic acids is 2. The number of rotatable bonds is 10. The molecular weight excluding hydrogens is 428 g/mol. The zero-order valence-corrected chi connectivity index (χ0v) is 18.6. The van der Waals surface area contributed by atoms with Gasteiger partial charge in [-0.1, -0.05) is 30.3 Å². The van der Waals surface area contributed by atoms with E-state index in [-0.39, 0.29) is 0 Å². The summed E-state index contributed by atoms with van der Waals surface area (Å²) < 4.78 is 16.8. The lowest BCUT2D eigenvalue weighted by Crippen LogP contribution is -2.38. The van der Waals surface area contributed by atoms with Gasteiger partial charge in [-0.3, -0.25) is 0 Å². The molecule has 1 aliphatic heterocycles. The first-order valence-electron chi connectivity index (χ1n) is 10.6. The van der Waals surface area contributed by atoms with Crippen molar-refractivity contribution in [1.29, 1.82) is 0 Å². The molecule has 9 heteroatoms. The van der Waals surface area contributed by atoms with Crippen LogP contribution in [-0.2, 0) is 14.3 Å². The maximum Gasteiger partial charge on any atom is 0.328 e. The van der Waals surface area contributed by atoms with Crippen LogP contribution >= 0.6 is 0 Å². The first kappa shape index (κ1) is 25.8. The number of nitrogens with one attached hydrogen (secondary N) is 1. The molecule has 0 aliphatic carbocycles. The molecule has 2 aromatic rings. The van der Waals surface area contributed by atoms with E-state index in [2.05, 4.69) is 40.6 Å².